The molecule has 2 aromatic rings. The molecule has 0 radical (unpaired) electrons. The first-order valence-corrected chi connectivity index (χ1v) is 7.94. The van der Waals surface area contributed by atoms with Crippen molar-refractivity contribution < 1.29 is 4.42 Å². The fraction of sp³-hybridized carbons (Fsp3) is 0.231. The molecule has 0 aliphatic heterocycles. The van der Waals surface area contributed by atoms with Crippen molar-refractivity contribution >= 4 is 53.5 Å². The number of nitrogens with one attached hydrogen (secondary N) is 1. The molecular formula is C13H12Br3NO. The fourth-order valence-corrected chi connectivity index (χ4v) is 2.76. The van der Waals surface area contributed by atoms with Crippen molar-refractivity contribution in [1.82, 2.24) is 0 Å². The summed E-state index contributed by atoms with van der Waals surface area (Å²) in [6.45, 7) is 2.81. The smallest absolute Gasteiger partial charge is 0.183 e. The number of aryl methyl sites for hydroxylation is 1. The molecule has 0 spiro atoms. The van der Waals surface area contributed by atoms with Crippen LogP contribution in [-0.2, 0) is 13.0 Å². The summed E-state index contributed by atoms with van der Waals surface area (Å²) in [6.07, 6.45) is 0.993. The zero-order chi connectivity index (χ0) is 13.1. The van der Waals surface area contributed by atoms with E-state index in [9.17, 15) is 0 Å². The molecule has 1 N–H and O–H groups in total. The van der Waals surface area contributed by atoms with E-state index in [1.165, 1.54) is 5.56 Å². The molecule has 0 saturated heterocycles. The third-order valence-electron chi connectivity index (χ3n) is 2.60. The lowest BCUT2D eigenvalue weighted by Gasteiger charge is -2.10. The van der Waals surface area contributed by atoms with Gasteiger partial charge in [0.05, 0.1) is 11.0 Å². The molecule has 1 aromatic heterocycles. The van der Waals surface area contributed by atoms with Gasteiger partial charge in [-0.2, -0.15) is 0 Å². The van der Waals surface area contributed by atoms with Gasteiger partial charge in [-0.25, -0.2) is 0 Å². The molecule has 96 valence electrons. The molecule has 0 unspecified atom stereocenters. The van der Waals surface area contributed by atoms with Crippen LogP contribution in [-0.4, -0.2) is 0 Å². The zero-order valence-electron chi connectivity index (χ0n) is 9.77. The Kier molecular flexibility index (Phi) is 4.92. The second-order valence-electron chi connectivity index (χ2n) is 3.84. The number of hydrogen-bond acceptors (Lipinski definition) is 2. The van der Waals surface area contributed by atoms with Gasteiger partial charge in [0.15, 0.2) is 4.67 Å². The van der Waals surface area contributed by atoms with Crippen molar-refractivity contribution in [3.63, 3.8) is 0 Å². The molecule has 2 nitrogen and oxygen atoms in total. The van der Waals surface area contributed by atoms with E-state index in [0.29, 0.717) is 6.54 Å². The normalized spacial score (nSPS) is 10.7. The van der Waals surface area contributed by atoms with Gasteiger partial charge in [0.1, 0.15) is 5.76 Å². The minimum Gasteiger partial charge on any atom is -0.451 e. The lowest BCUT2D eigenvalue weighted by molar-refractivity contribution is 0.494. The Hall–Kier alpha value is -0.260. The highest BCUT2D eigenvalue weighted by Gasteiger charge is 2.07. The highest BCUT2D eigenvalue weighted by Crippen LogP contribution is 2.28. The number of hydrogen-bond donors (Lipinski definition) is 1. The van der Waals surface area contributed by atoms with Crippen LogP contribution < -0.4 is 5.32 Å². The molecular weight excluding hydrogens is 426 g/mol. The van der Waals surface area contributed by atoms with Crippen molar-refractivity contribution in [1.29, 1.82) is 0 Å². The molecule has 1 heterocycles. The van der Waals surface area contributed by atoms with Crippen molar-refractivity contribution in [2.45, 2.75) is 19.9 Å². The van der Waals surface area contributed by atoms with Gasteiger partial charge in [-0.1, -0.05) is 22.9 Å². The van der Waals surface area contributed by atoms with Crippen LogP contribution in [0.15, 0.2) is 42.3 Å². The quantitative estimate of drug-likeness (QED) is 0.659. The van der Waals surface area contributed by atoms with Gasteiger partial charge in [-0.15, -0.1) is 0 Å². The van der Waals surface area contributed by atoms with Crippen LogP contribution in [0.25, 0.3) is 0 Å². The molecule has 0 bridgehead atoms. The van der Waals surface area contributed by atoms with E-state index in [4.69, 9.17) is 4.42 Å². The Balaban J connectivity index is 2.10. The van der Waals surface area contributed by atoms with Crippen LogP contribution in [0.3, 0.4) is 0 Å². The van der Waals surface area contributed by atoms with Gasteiger partial charge < -0.3 is 9.73 Å². The number of rotatable bonds is 4. The minimum absolute atomic E-state index is 0.666. The summed E-state index contributed by atoms with van der Waals surface area (Å²) in [4.78, 5) is 0. The average Bonchev–Trinajstić information content (AvgIpc) is 2.67. The second kappa shape index (κ2) is 6.26. The van der Waals surface area contributed by atoms with Crippen molar-refractivity contribution in [2.75, 3.05) is 5.32 Å². The number of halogens is 3. The Morgan fingerprint density at radius 2 is 1.94 bits per heavy atom. The molecule has 2 rings (SSSR count). The van der Waals surface area contributed by atoms with Crippen LogP contribution in [0.5, 0.6) is 0 Å². The first kappa shape index (κ1) is 14.2. The van der Waals surface area contributed by atoms with Crippen molar-refractivity contribution in [2.24, 2.45) is 0 Å². The van der Waals surface area contributed by atoms with Crippen LogP contribution in [0.4, 0.5) is 5.69 Å². The van der Waals surface area contributed by atoms with Crippen molar-refractivity contribution in [3.05, 3.63) is 49.2 Å². The molecule has 0 saturated carbocycles. The summed E-state index contributed by atoms with van der Waals surface area (Å²) in [6, 6.07) is 8.21. The maximum Gasteiger partial charge on any atom is 0.183 e. The maximum atomic E-state index is 5.53. The molecule has 1 aromatic carbocycles. The van der Waals surface area contributed by atoms with Crippen LogP contribution in [0.1, 0.15) is 18.2 Å². The molecule has 0 fully saturated rings. The lowest BCUT2D eigenvalue weighted by atomic mass is 10.1. The van der Waals surface area contributed by atoms with Crippen LogP contribution >= 0.6 is 47.8 Å². The molecule has 0 aliphatic carbocycles. The first-order valence-electron chi connectivity index (χ1n) is 5.56. The summed E-state index contributed by atoms with van der Waals surface area (Å²) in [5, 5.41) is 3.39. The second-order valence-corrected chi connectivity index (χ2v) is 6.33. The Morgan fingerprint density at radius 3 is 2.56 bits per heavy atom. The summed E-state index contributed by atoms with van der Waals surface area (Å²) in [5.41, 5.74) is 2.43. The van der Waals surface area contributed by atoms with E-state index >= 15 is 0 Å². The number of anilines is 1. The molecule has 0 aliphatic rings. The average molecular weight is 438 g/mol. The Morgan fingerprint density at radius 1 is 1.17 bits per heavy atom. The third-order valence-corrected chi connectivity index (χ3v) is 4.80. The van der Waals surface area contributed by atoms with Gasteiger partial charge in [0.2, 0.25) is 0 Å². The fourth-order valence-electron chi connectivity index (χ4n) is 1.69. The van der Waals surface area contributed by atoms with E-state index in [2.05, 4.69) is 72.2 Å². The minimum atomic E-state index is 0.666. The third kappa shape index (κ3) is 3.39. The topological polar surface area (TPSA) is 25.2 Å². The molecule has 18 heavy (non-hydrogen) atoms. The van der Waals surface area contributed by atoms with E-state index in [1.807, 2.05) is 12.1 Å². The summed E-state index contributed by atoms with van der Waals surface area (Å²) < 4.78 is 8.30. The van der Waals surface area contributed by atoms with Crippen LogP contribution in [0, 0.1) is 0 Å². The summed E-state index contributed by atoms with van der Waals surface area (Å²) >= 11 is 10.2. The first-order chi connectivity index (χ1) is 8.60. The molecule has 0 amide bonds. The van der Waals surface area contributed by atoms with Gasteiger partial charge in [-0.3, -0.25) is 0 Å². The maximum absolute atomic E-state index is 5.53. The van der Waals surface area contributed by atoms with Crippen LogP contribution in [0.2, 0.25) is 0 Å². The van der Waals surface area contributed by atoms with E-state index < -0.39 is 0 Å². The number of benzene rings is 1. The van der Waals surface area contributed by atoms with Crippen molar-refractivity contribution in [3.8, 4) is 0 Å². The lowest BCUT2D eigenvalue weighted by Crippen LogP contribution is -2.01. The van der Waals surface area contributed by atoms with Gasteiger partial charge in [0, 0.05) is 10.2 Å². The summed E-state index contributed by atoms with van der Waals surface area (Å²) in [7, 11) is 0. The Bertz CT molecular complexity index is 532. The predicted octanol–water partition coefficient (Wildman–Crippen LogP) is 5.74. The molecule has 5 heteroatoms. The van der Waals surface area contributed by atoms with Gasteiger partial charge >= 0.3 is 0 Å². The predicted molar refractivity (Wildman–Crippen MR) is 85.0 cm³/mol. The van der Waals surface area contributed by atoms with E-state index in [1.54, 1.807) is 0 Å². The highest BCUT2D eigenvalue weighted by molar-refractivity contribution is 9.13. The largest absolute Gasteiger partial charge is 0.451 e. The summed E-state index contributed by atoms with van der Waals surface area (Å²) in [5.74, 6) is 0.888. The van der Waals surface area contributed by atoms with Gasteiger partial charge in [-0.05, 0) is 68.1 Å². The SMILES string of the molecule is CCc1cc(Br)ccc1NCc1cc(Br)c(Br)o1. The number of furan rings is 1. The molecule has 0 atom stereocenters. The monoisotopic (exact) mass is 435 g/mol. The van der Waals surface area contributed by atoms with E-state index in [-0.39, 0.29) is 0 Å². The van der Waals surface area contributed by atoms with Gasteiger partial charge in [0.25, 0.3) is 0 Å². The van der Waals surface area contributed by atoms with E-state index in [0.717, 1.165) is 31.5 Å². The Labute approximate surface area is 132 Å². The zero-order valence-corrected chi connectivity index (χ0v) is 14.5. The standard InChI is InChI=1S/C13H12Br3NO/c1-2-8-5-9(14)3-4-12(8)17-7-10-6-11(15)13(16)18-10/h3-6,17H,2,7H2,1H3. The highest BCUT2D eigenvalue weighted by atomic mass is 79.9.